The van der Waals surface area contributed by atoms with E-state index >= 15 is 0 Å². The maximum atomic E-state index is 12.0. The average Bonchev–Trinajstić information content (AvgIpc) is 2.75. The fourth-order valence-corrected chi connectivity index (χ4v) is 2.85. The molecule has 0 aliphatic carbocycles. The van der Waals surface area contributed by atoms with Gasteiger partial charge < -0.3 is 14.2 Å². The van der Waals surface area contributed by atoms with E-state index in [1.807, 2.05) is 13.8 Å². The van der Waals surface area contributed by atoms with Crippen molar-refractivity contribution in [2.75, 3.05) is 13.2 Å². The highest BCUT2D eigenvalue weighted by Gasteiger charge is 2.78. The topological polar surface area (TPSA) is 48.1 Å². The number of esters is 1. The van der Waals surface area contributed by atoms with E-state index in [0.29, 0.717) is 13.2 Å². The fraction of sp³-hybridized carbons (Fsp3) is 0.917. The van der Waals surface area contributed by atoms with Gasteiger partial charge in [0.2, 0.25) is 0 Å². The highest BCUT2D eigenvalue weighted by atomic mass is 16.7. The van der Waals surface area contributed by atoms with Crippen molar-refractivity contribution < 1.29 is 19.0 Å². The summed E-state index contributed by atoms with van der Waals surface area (Å²) in [6.07, 6.45) is 2.42. The third kappa shape index (κ3) is 1.39. The Balaban J connectivity index is 2.17. The van der Waals surface area contributed by atoms with Crippen LogP contribution >= 0.6 is 0 Å². The Morgan fingerprint density at radius 1 is 1.50 bits per heavy atom. The van der Waals surface area contributed by atoms with E-state index in [1.165, 1.54) is 0 Å². The van der Waals surface area contributed by atoms with Crippen LogP contribution in [-0.4, -0.2) is 36.5 Å². The molecule has 4 heteroatoms. The molecule has 0 amide bonds. The number of ether oxygens (including phenoxy) is 3. The molecule has 16 heavy (non-hydrogen) atoms. The normalized spacial score (nSPS) is 41.3. The van der Waals surface area contributed by atoms with Gasteiger partial charge in [0.1, 0.15) is 5.60 Å². The van der Waals surface area contributed by atoms with Gasteiger partial charge in [-0.1, -0.05) is 13.3 Å². The zero-order chi connectivity index (χ0) is 11.8. The van der Waals surface area contributed by atoms with Crippen LogP contribution < -0.4 is 0 Å². The first-order chi connectivity index (χ1) is 7.63. The second kappa shape index (κ2) is 4.00. The highest BCUT2D eigenvalue weighted by Crippen LogP contribution is 2.59. The van der Waals surface area contributed by atoms with Crippen LogP contribution in [0.25, 0.3) is 0 Å². The van der Waals surface area contributed by atoms with E-state index < -0.39 is 11.2 Å². The van der Waals surface area contributed by atoms with Crippen LogP contribution in [0, 0.1) is 0 Å². The molecule has 0 radical (unpaired) electrons. The lowest BCUT2D eigenvalue weighted by molar-refractivity contribution is -0.150. The minimum absolute atomic E-state index is 0.0107. The van der Waals surface area contributed by atoms with Gasteiger partial charge >= 0.3 is 5.97 Å². The first kappa shape index (κ1) is 11.9. The van der Waals surface area contributed by atoms with Crippen molar-refractivity contribution in [1.82, 2.24) is 0 Å². The summed E-state index contributed by atoms with van der Waals surface area (Å²) in [5, 5.41) is 0. The summed E-state index contributed by atoms with van der Waals surface area (Å²) in [5.74, 6) is -0.214. The van der Waals surface area contributed by atoms with Crippen molar-refractivity contribution in [3.05, 3.63) is 0 Å². The first-order valence-electron chi connectivity index (χ1n) is 6.12. The molecule has 4 nitrogen and oxygen atoms in total. The molecule has 0 N–H and O–H groups in total. The maximum absolute atomic E-state index is 12.0. The summed E-state index contributed by atoms with van der Waals surface area (Å²) in [6, 6.07) is 0. The van der Waals surface area contributed by atoms with Gasteiger partial charge in [0.15, 0.2) is 5.60 Å². The number of carbonyl (C=O) groups is 1. The van der Waals surface area contributed by atoms with Crippen LogP contribution in [0.1, 0.15) is 40.0 Å². The molecule has 92 valence electrons. The molecule has 2 aliphatic heterocycles. The Labute approximate surface area is 96.2 Å². The molecule has 2 rings (SSSR count). The molecule has 0 saturated carbocycles. The number of carbonyl (C=O) groups excluding carboxylic acids is 1. The molecule has 2 aliphatic rings. The van der Waals surface area contributed by atoms with E-state index in [-0.39, 0.29) is 12.1 Å². The van der Waals surface area contributed by atoms with Crippen LogP contribution in [0.15, 0.2) is 0 Å². The molecule has 0 aromatic carbocycles. The molecule has 1 spiro atoms. The molecule has 2 saturated heterocycles. The molecule has 3 atom stereocenters. The predicted octanol–water partition coefficient (Wildman–Crippen LogP) is 1.67. The van der Waals surface area contributed by atoms with Crippen LogP contribution in [0.4, 0.5) is 0 Å². The highest BCUT2D eigenvalue weighted by molar-refractivity contribution is 5.85. The zero-order valence-corrected chi connectivity index (χ0v) is 10.2. The summed E-state index contributed by atoms with van der Waals surface area (Å²) < 4.78 is 16.5. The predicted molar refractivity (Wildman–Crippen MR) is 58.1 cm³/mol. The SMILES string of the molecule is CCCC1(C(=O)OCC)OC12CCOC2C. The zero-order valence-electron chi connectivity index (χ0n) is 10.2. The van der Waals surface area contributed by atoms with E-state index in [4.69, 9.17) is 14.2 Å². The van der Waals surface area contributed by atoms with Crippen molar-refractivity contribution in [1.29, 1.82) is 0 Å². The molecule has 0 aromatic heterocycles. The molecule has 3 unspecified atom stereocenters. The summed E-state index contributed by atoms with van der Waals surface area (Å²) in [6.45, 7) is 6.92. The van der Waals surface area contributed by atoms with Crippen molar-refractivity contribution >= 4 is 5.97 Å². The summed E-state index contributed by atoms with van der Waals surface area (Å²) in [5.41, 5.74) is -1.14. The van der Waals surface area contributed by atoms with E-state index in [0.717, 1.165) is 19.3 Å². The molecule has 0 aromatic rings. The average molecular weight is 228 g/mol. The molecular formula is C12H20O4. The Morgan fingerprint density at radius 2 is 2.25 bits per heavy atom. The number of hydrogen-bond acceptors (Lipinski definition) is 4. The van der Waals surface area contributed by atoms with Crippen molar-refractivity contribution in [2.45, 2.75) is 57.3 Å². The van der Waals surface area contributed by atoms with Gasteiger partial charge in [0.25, 0.3) is 0 Å². The Kier molecular flexibility index (Phi) is 2.97. The van der Waals surface area contributed by atoms with E-state index in [2.05, 4.69) is 6.92 Å². The second-order valence-corrected chi connectivity index (χ2v) is 4.55. The minimum atomic E-state index is -0.728. The van der Waals surface area contributed by atoms with Crippen molar-refractivity contribution in [3.8, 4) is 0 Å². The minimum Gasteiger partial charge on any atom is -0.464 e. The van der Waals surface area contributed by atoms with E-state index in [1.54, 1.807) is 0 Å². The molecule has 0 bridgehead atoms. The van der Waals surface area contributed by atoms with Gasteiger partial charge in [-0.2, -0.15) is 0 Å². The van der Waals surface area contributed by atoms with Crippen LogP contribution in [-0.2, 0) is 19.0 Å². The van der Waals surface area contributed by atoms with Crippen LogP contribution in [0.3, 0.4) is 0 Å². The van der Waals surface area contributed by atoms with Gasteiger partial charge in [-0.05, 0) is 20.3 Å². The third-order valence-corrected chi connectivity index (χ3v) is 3.70. The van der Waals surface area contributed by atoms with E-state index in [9.17, 15) is 4.79 Å². The largest absolute Gasteiger partial charge is 0.464 e. The van der Waals surface area contributed by atoms with Gasteiger partial charge in [-0.15, -0.1) is 0 Å². The Bertz CT molecular complexity index is 291. The van der Waals surface area contributed by atoms with Crippen LogP contribution in [0.2, 0.25) is 0 Å². The van der Waals surface area contributed by atoms with Gasteiger partial charge in [0.05, 0.1) is 19.3 Å². The quantitative estimate of drug-likeness (QED) is 0.542. The fourth-order valence-electron chi connectivity index (χ4n) is 2.85. The number of rotatable bonds is 4. The number of epoxide rings is 1. The lowest BCUT2D eigenvalue weighted by atomic mass is 9.84. The van der Waals surface area contributed by atoms with Gasteiger partial charge in [0, 0.05) is 6.42 Å². The Hall–Kier alpha value is -0.610. The molecule has 2 heterocycles. The van der Waals surface area contributed by atoms with Crippen molar-refractivity contribution in [3.63, 3.8) is 0 Å². The number of hydrogen-bond donors (Lipinski definition) is 0. The summed E-state index contributed by atoms with van der Waals surface area (Å²) in [4.78, 5) is 12.0. The smallest absolute Gasteiger partial charge is 0.341 e. The maximum Gasteiger partial charge on any atom is 0.341 e. The third-order valence-electron chi connectivity index (χ3n) is 3.70. The van der Waals surface area contributed by atoms with Crippen LogP contribution in [0.5, 0.6) is 0 Å². The monoisotopic (exact) mass is 228 g/mol. The summed E-state index contributed by atoms with van der Waals surface area (Å²) in [7, 11) is 0. The second-order valence-electron chi connectivity index (χ2n) is 4.55. The first-order valence-corrected chi connectivity index (χ1v) is 6.12. The lowest BCUT2D eigenvalue weighted by Gasteiger charge is -2.16. The van der Waals surface area contributed by atoms with Gasteiger partial charge in [-0.25, -0.2) is 4.79 Å². The lowest BCUT2D eigenvalue weighted by Crippen LogP contribution is -2.39. The van der Waals surface area contributed by atoms with Crippen molar-refractivity contribution in [2.24, 2.45) is 0 Å². The molecular weight excluding hydrogens is 208 g/mol. The van der Waals surface area contributed by atoms with Gasteiger partial charge in [-0.3, -0.25) is 0 Å². The molecule has 2 fully saturated rings. The summed E-state index contributed by atoms with van der Waals surface area (Å²) >= 11 is 0. The Morgan fingerprint density at radius 3 is 2.75 bits per heavy atom. The standard InChI is InChI=1S/C12H20O4/c1-4-6-12(10(13)14-5-2)11(16-12)7-8-15-9(11)3/h9H,4-8H2,1-3H3.